The number of hydrogen-bond acceptors (Lipinski definition) is 3. The molecule has 0 aromatic heterocycles. The van der Waals surface area contributed by atoms with Crippen molar-refractivity contribution in [1.29, 1.82) is 0 Å². The summed E-state index contributed by atoms with van der Waals surface area (Å²) >= 11 is 0. The van der Waals surface area contributed by atoms with Gasteiger partial charge in [-0.05, 0) is 57.9 Å². The molecular formula is C19H27N3. The van der Waals surface area contributed by atoms with Crippen LogP contribution in [0.25, 0.3) is 0 Å². The Morgan fingerprint density at radius 3 is 2.86 bits per heavy atom. The van der Waals surface area contributed by atoms with Crippen molar-refractivity contribution in [2.24, 2.45) is 4.99 Å². The number of aliphatic imine (C=N–C) groups is 1. The van der Waals surface area contributed by atoms with Crippen LogP contribution in [-0.2, 0) is 6.42 Å². The first kappa shape index (κ1) is 14.1. The summed E-state index contributed by atoms with van der Waals surface area (Å²) in [6, 6.07) is 11.5. The van der Waals surface area contributed by atoms with Crippen molar-refractivity contribution in [2.45, 2.75) is 76.5 Å². The van der Waals surface area contributed by atoms with Gasteiger partial charge in [0.05, 0.1) is 6.04 Å². The highest BCUT2D eigenvalue weighted by Gasteiger charge is 2.43. The molecule has 3 aliphatic rings. The molecule has 0 bridgehead atoms. The minimum Gasteiger partial charge on any atom is -0.354 e. The molecule has 1 aromatic carbocycles. The Labute approximate surface area is 133 Å². The first-order valence-electron chi connectivity index (χ1n) is 8.87. The molecule has 22 heavy (non-hydrogen) atoms. The zero-order valence-corrected chi connectivity index (χ0v) is 13.8. The van der Waals surface area contributed by atoms with Crippen molar-refractivity contribution in [3.05, 3.63) is 35.4 Å². The maximum Gasteiger partial charge on any atom is 0.194 e. The van der Waals surface area contributed by atoms with Gasteiger partial charge in [-0.1, -0.05) is 29.8 Å². The fourth-order valence-corrected chi connectivity index (χ4v) is 4.56. The third kappa shape index (κ3) is 2.62. The third-order valence-corrected chi connectivity index (χ3v) is 5.56. The van der Waals surface area contributed by atoms with Crippen LogP contribution >= 0.6 is 0 Å². The molecular weight excluding hydrogens is 270 g/mol. The van der Waals surface area contributed by atoms with Gasteiger partial charge in [0.25, 0.3) is 0 Å². The van der Waals surface area contributed by atoms with Crippen LogP contribution in [0.4, 0.5) is 0 Å². The van der Waals surface area contributed by atoms with Crippen molar-refractivity contribution in [2.75, 3.05) is 0 Å². The summed E-state index contributed by atoms with van der Waals surface area (Å²) in [5.74, 6) is 1.20. The van der Waals surface area contributed by atoms with E-state index >= 15 is 0 Å². The molecule has 4 atom stereocenters. The lowest BCUT2D eigenvalue weighted by Gasteiger charge is -2.44. The van der Waals surface area contributed by atoms with E-state index in [1.807, 2.05) is 0 Å². The first-order chi connectivity index (χ1) is 10.7. The van der Waals surface area contributed by atoms with Crippen molar-refractivity contribution >= 4 is 5.96 Å². The average molecular weight is 297 g/mol. The maximum atomic E-state index is 5.06. The molecule has 0 aliphatic carbocycles. The van der Waals surface area contributed by atoms with Gasteiger partial charge in [-0.2, -0.15) is 0 Å². The molecule has 3 nitrogen and oxygen atoms in total. The zero-order valence-electron chi connectivity index (χ0n) is 13.8. The molecule has 3 heteroatoms. The first-order valence-corrected chi connectivity index (χ1v) is 8.87. The van der Waals surface area contributed by atoms with Crippen molar-refractivity contribution in [3.8, 4) is 0 Å². The lowest BCUT2D eigenvalue weighted by Crippen LogP contribution is -2.59. The molecule has 0 saturated carbocycles. The second kappa shape index (κ2) is 5.60. The Hall–Kier alpha value is -1.51. The summed E-state index contributed by atoms with van der Waals surface area (Å²) in [7, 11) is 0. The fraction of sp³-hybridized carbons (Fsp3) is 0.632. The highest BCUT2D eigenvalue weighted by Crippen LogP contribution is 2.36. The molecule has 4 unspecified atom stereocenters. The van der Waals surface area contributed by atoms with Crippen LogP contribution in [0, 0.1) is 6.92 Å². The quantitative estimate of drug-likeness (QED) is 0.927. The van der Waals surface area contributed by atoms with E-state index in [4.69, 9.17) is 4.99 Å². The average Bonchev–Trinajstić information content (AvgIpc) is 2.89. The summed E-state index contributed by atoms with van der Waals surface area (Å²) in [6.07, 6.45) is 7.58. The van der Waals surface area contributed by atoms with E-state index in [2.05, 4.69) is 48.3 Å². The lowest BCUT2D eigenvalue weighted by molar-refractivity contribution is 0.210. The van der Waals surface area contributed by atoms with Crippen LogP contribution in [0.5, 0.6) is 0 Å². The van der Waals surface area contributed by atoms with Gasteiger partial charge >= 0.3 is 0 Å². The molecule has 0 spiro atoms. The Bertz CT molecular complexity index is 580. The van der Waals surface area contributed by atoms with Crippen LogP contribution in [0.3, 0.4) is 0 Å². The van der Waals surface area contributed by atoms with Crippen LogP contribution < -0.4 is 5.32 Å². The van der Waals surface area contributed by atoms with Gasteiger partial charge in [0.1, 0.15) is 0 Å². The fourth-order valence-electron chi connectivity index (χ4n) is 4.56. The van der Waals surface area contributed by atoms with Gasteiger partial charge in [0.2, 0.25) is 0 Å². The second-order valence-corrected chi connectivity index (χ2v) is 7.44. The Morgan fingerprint density at radius 2 is 2.05 bits per heavy atom. The molecule has 1 aromatic rings. The predicted octanol–water partition coefficient (Wildman–Crippen LogP) is 3.27. The number of hydrogen-bond donors (Lipinski definition) is 1. The van der Waals surface area contributed by atoms with Crippen molar-refractivity contribution in [1.82, 2.24) is 10.2 Å². The van der Waals surface area contributed by atoms with E-state index in [1.54, 1.807) is 0 Å². The van der Waals surface area contributed by atoms with E-state index in [9.17, 15) is 0 Å². The molecule has 3 aliphatic heterocycles. The van der Waals surface area contributed by atoms with Gasteiger partial charge in [-0.15, -0.1) is 0 Å². The molecule has 3 heterocycles. The molecule has 0 amide bonds. The van der Waals surface area contributed by atoms with Gasteiger partial charge in [0.15, 0.2) is 5.96 Å². The Kier molecular flexibility index (Phi) is 3.59. The molecule has 118 valence electrons. The summed E-state index contributed by atoms with van der Waals surface area (Å²) in [5, 5.41) is 3.63. The second-order valence-electron chi connectivity index (χ2n) is 7.44. The predicted molar refractivity (Wildman–Crippen MR) is 91.2 cm³/mol. The zero-order chi connectivity index (χ0) is 15.1. The van der Waals surface area contributed by atoms with Gasteiger partial charge < -0.3 is 10.2 Å². The Balaban J connectivity index is 1.46. The highest BCUT2D eigenvalue weighted by molar-refractivity contribution is 5.83. The number of nitrogens with one attached hydrogen (secondary N) is 1. The number of aryl methyl sites for hydroxylation is 2. The third-order valence-electron chi connectivity index (χ3n) is 5.56. The SMILES string of the molecule is Cc1cccc(CCC2CC3CCC4CC(C)NC(=N2)N34)c1. The molecule has 2 saturated heterocycles. The van der Waals surface area contributed by atoms with Crippen molar-refractivity contribution < 1.29 is 0 Å². The number of rotatable bonds is 3. The van der Waals surface area contributed by atoms with Gasteiger partial charge in [-0.25, -0.2) is 4.99 Å². The summed E-state index contributed by atoms with van der Waals surface area (Å²) in [4.78, 5) is 7.66. The normalized spacial score (nSPS) is 33.2. The van der Waals surface area contributed by atoms with Crippen molar-refractivity contribution in [3.63, 3.8) is 0 Å². The summed E-state index contributed by atoms with van der Waals surface area (Å²) in [6.45, 7) is 4.47. The monoisotopic (exact) mass is 297 g/mol. The molecule has 1 N–H and O–H groups in total. The highest BCUT2D eigenvalue weighted by atomic mass is 15.4. The van der Waals surface area contributed by atoms with E-state index in [1.165, 1.54) is 49.2 Å². The standard InChI is InChI=1S/C19H27N3/c1-13-4-3-5-15(10-13)6-7-16-12-18-9-8-17-11-14(2)20-19(21-16)22(17)18/h3-5,10,14,16-18H,6-9,11-12H2,1-2H3,(H,20,21). The van der Waals surface area contributed by atoms with E-state index in [0.29, 0.717) is 12.1 Å². The molecule has 4 rings (SSSR count). The summed E-state index contributed by atoms with van der Waals surface area (Å²) < 4.78 is 0. The largest absolute Gasteiger partial charge is 0.354 e. The lowest BCUT2D eigenvalue weighted by atomic mass is 9.96. The number of guanidine groups is 1. The molecule has 0 radical (unpaired) electrons. The Morgan fingerprint density at radius 1 is 1.23 bits per heavy atom. The van der Waals surface area contributed by atoms with E-state index < -0.39 is 0 Å². The molecule has 2 fully saturated rings. The van der Waals surface area contributed by atoms with Crippen LogP contribution in [-0.4, -0.2) is 35.0 Å². The van der Waals surface area contributed by atoms with Gasteiger partial charge in [0, 0.05) is 18.1 Å². The van der Waals surface area contributed by atoms with Crippen LogP contribution in [0.15, 0.2) is 29.3 Å². The summed E-state index contributed by atoms with van der Waals surface area (Å²) in [5.41, 5.74) is 2.82. The van der Waals surface area contributed by atoms with Crippen LogP contribution in [0.2, 0.25) is 0 Å². The number of nitrogens with zero attached hydrogens (tertiary/aromatic N) is 2. The van der Waals surface area contributed by atoms with Crippen LogP contribution in [0.1, 0.15) is 50.2 Å². The van der Waals surface area contributed by atoms with Gasteiger partial charge in [-0.3, -0.25) is 0 Å². The smallest absolute Gasteiger partial charge is 0.194 e. The maximum absolute atomic E-state index is 5.06. The minimum atomic E-state index is 0.494. The topological polar surface area (TPSA) is 27.6 Å². The number of benzene rings is 1. The van der Waals surface area contributed by atoms with E-state index in [-0.39, 0.29) is 0 Å². The minimum absolute atomic E-state index is 0.494. The van der Waals surface area contributed by atoms with E-state index in [0.717, 1.165) is 18.5 Å².